The molecule has 22 heavy (non-hydrogen) atoms. The first kappa shape index (κ1) is 15.0. The van der Waals surface area contributed by atoms with E-state index in [1.807, 2.05) is 11.0 Å². The molecule has 1 aliphatic heterocycles. The number of thioether (sulfide) groups is 1. The van der Waals surface area contributed by atoms with Crippen LogP contribution in [0.2, 0.25) is 0 Å². The lowest BCUT2D eigenvalue weighted by molar-refractivity contribution is -0.140. The zero-order chi connectivity index (χ0) is 15.5. The Morgan fingerprint density at radius 3 is 3.09 bits per heavy atom. The summed E-state index contributed by atoms with van der Waals surface area (Å²) in [6.45, 7) is 1.65. The third-order valence-electron chi connectivity index (χ3n) is 3.58. The van der Waals surface area contributed by atoms with E-state index in [9.17, 15) is 9.59 Å². The molecule has 0 spiro atoms. The monoisotopic (exact) mass is 320 g/mol. The fourth-order valence-electron chi connectivity index (χ4n) is 2.41. The van der Waals surface area contributed by atoms with Crippen molar-refractivity contribution in [3.8, 4) is 0 Å². The van der Waals surface area contributed by atoms with Crippen molar-refractivity contribution in [2.75, 3.05) is 26.0 Å². The quantitative estimate of drug-likeness (QED) is 0.755. The van der Waals surface area contributed by atoms with Crippen LogP contribution >= 0.6 is 11.8 Å². The standard InChI is InChI=1S/C14H16N4O3S/c1-21-14(20)12-8-17(6-7-22-12)9-18-13(19)10-4-2-3-5-11(10)15-16-18/h2-5,12H,6-9H2,1H3/t12-/m0/s1. The van der Waals surface area contributed by atoms with Crippen molar-refractivity contribution < 1.29 is 9.53 Å². The summed E-state index contributed by atoms with van der Waals surface area (Å²) < 4.78 is 6.13. The van der Waals surface area contributed by atoms with Crippen molar-refractivity contribution in [1.29, 1.82) is 0 Å². The summed E-state index contributed by atoms with van der Waals surface area (Å²) in [6, 6.07) is 7.13. The van der Waals surface area contributed by atoms with Crippen molar-refractivity contribution in [2.45, 2.75) is 11.9 Å². The molecular weight excluding hydrogens is 304 g/mol. The van der Waals surface area contributed by atoms with Crippen LogP contribution in [0, 0.1) is 0 Å². The molecule has 3 rings (SSSR count). The van der Waals surface area contributed by atoms with Gasteiger partial charge in [0.1, 0.15) is 10.8 Å². The third-order valence-corrected chi connectivity index (χ3v) is 4.74. The molecule has 0 N–H and O–H groups in total. The number of fused-ring (bicyclic) bond motifs is 1. The SMILES string of the molecule is COC(=O)[C@@H]1CN(Cn2nnc3ccccc3c2=O)CCS1. The molecule has 0 aliphatic carbocycles. The Kier molecular flexibility index (Phi) is 4.39. The minimum atomic E-state index is -0.230. The molecule has 2 aromatic rings. The Balaban J connectivity index is 1.80. The van der Waals surface area contributed by atoms with E-state index in [2.05, 4.69) is 10.3 Å². The van der Waals surface area contributed by atoms with Gasteiger partial charge in [-0.3, -0.25) is 14.5 Å². The molecule has 1 atom stereocenters. The van der Waals surface area contributed by atoms with Crippen molar-refractivity contribution in [1.82, 2.24) is 19.9 Å². The number of nitrogens with zero attached hydrogens (tertiary/aromatic N) is 4. The molecule has 1 aromatic carbocycles. The fraction of sp³-hybridized carbons (Fsp3) is 0.429. The normalized spacial score (nSPS) is 19.2. The van der Waals surface area contributed by atoms with Gasteiger partial charge >= 0.3 is 5.97 Å². The summed E-state index contributed by atoms with van der Waals surface area (Å²) in [4.78, 5) is 26.1. The van der Waals surface area contributed by atoms with Crippen LogP contribution in [-0.4, -0.2) is 57.1 Å². The molecule has 116 valence electrons. The van der Waals surface area contributed by atoms with Crippen LogP contribution in [0.1, 0.15) is 0 Å². The van der Waals surface area contributed by atoms with Gasteiger partial charge in [0.05, 0.1) is 19.2 Å². The Morgan fingerprint density at radius 2 is 2.27 bits per heavy atom. The van der Waals surface area contributed by atoms with Crippen LogP contribution < -0.4 is 5.56 Å². The van der Waals surface area contributed by atoms with E-state index in [1.54, 1.807) is 30.0 Å². The van der Waals surface area contributed by atoms with E-state index in [0.29, 0.717) is 24.1 Å². The summed E-state index contributed by atoms with van der Waals surface area (Å²) in [5, 5.41) is 8.38. The fourth-order valence-corrected chi connectivity index (χ4v) is 3.61. The number of carbonyl (C=O) groups excluding carboxylic acids is 1. The van der Waals surface area contributed by atoms with Gasteiger partial charge in [0, 0.05) is 18.8 Å². The molecular formula is C14H16N4O3S. The summed E-state index contributed by atoms with van der Waals surface area (Å²) in [5.41, 5.74) is 0.420. The van der Waals surface area contributed by atoms with Crippen molar-refractivity contribution in [2.24, 2.45) is 0 Å². The maximum Gasteiger partial charge on any atom is 0.320 e. The number of hydrogen-bond donors (Lipinski definition) is 0. The highest BCUT2D eigenvalue weighted by atomic mass is 32.2. The van der Waals surface area contributed by atoms with E-state index < -0.39 is 0 Å². The van der Waals surface area contributed by atoms with Crippen LogP contribution in [0.25, 0.3) is 10.9 Å². The van der Waals surface area contributed by atoms with E-state index >= 15 is 0 Å². The highest BCUT2D eigenvalue weighted by Gasteiger charge is 2.27. The zero-order valence-corrected chi connectivity index (χ0v) is 13.0. The van der Waals surface area contributed by atoms with Crippen LogP contribution in [0.4, 0.5) is 0 Å². The molecule has 0 amide bonds. The number of rotatable bonds is 3. The van der Waals surface area contributed by atoms with E-state index in [0.717, 1.165) is 12.3 Å². The van der Waals surface area contributed by atoms with Gasteiger partial charge in [-0.25, -0.2) is 0 Å². The van der Waals surface area contributed by atoms with Gasteiger partial charge in [-0.2, -0.15) is 4.68 Å². The summed E-state index contributed by atoms with van der Waals surface area (Å²) in [6.07, 6.45) is 0. The smallest absolute Gasteiger partial charge is 0.320 e. The van der Waals surface area contributed by atoms with Crippen LogP contribution in [-0.2, 0) is 16.2 Å². The zero-order valence-electron chi connectivity index (χ0n) is 12.1. The number of ether oxygens (including phenoxy) is 1. The minimum absolute atomic E-state index is 0.168. The molecule has 8 heteroatoms. The van der Waals surface area contributed by atoms with Crippen molar-refractivity contribution in [3.05, 3.63) is 34.6 Å². The van der Waals surface area contributed by atoms with Gasteiger partial charge in [0.25, 0.3) is 5.56 Å². The van der Waals surface area contributed by atoms with E-state index in [-0.39, 0.29) is 16.8 Å². The molecule has 1 saturated heterocycles. The van der Waals surface area contributed by atoms with Crippen molar-refractivity contribution in [3.63, 3.8) is 0 Å². The maximum atomic E-state index is 12.4. The highest BCUT2D eigenvalue weighted by molar-refractivity contribution is 8.00. The maximum absolute atomic E-state index is 12.4. The molecule has 1 aromatic heterocycles. The molecule has 1 aliphatic rings. The Hall–Kier alpha value is -1.93. The van der Waals surface area contributed by atoms with Gasteiger partial charge in [-0.15, -0.1) is 16.9 Å². The number of carbonyl (C=O) groups is 1. The predicted octanol–water partition coefficient (Wildman–Crippen LogP) is 0.339. The molecule has 0 saturated carbocycles. The predicted molar refractivity (Wildman–Crippen MR) is 83.6 cm³/mol. The first-order valence-electron chi connectivity index (χ1n) is 6.93. The lowest BCUT2D eigenvalue weighted by atomic mass is 10.2. The van der Waals surface area contributed by atoms with Gasteiger partial charge < -0.3 is 4.74 Å². The van der Waals surface area contributed by atoms with Crippen LogP contribution in [0.3, 0.4) is 0 Å². The summed E-state index contributed by atoms with van der Waals surface area (Å²) >= 11 is 1.58. The molecule has 0 radical (unpaired) electrons. The topological polar surface area (TPSA) is 77.3 Å². The second kappa shape index (κ2) is 6.45. The minimum Gasteiger partial charge on any atom is -0.468 e. The number of aromatic nitrogens is 3. The lowest BCUT2D eigenvalue weighted by Gasteiger charge is -2.30. The molecule has 1 fully saturated rings. The van der Waals surface area contributed by atoms with Gasteiger partial charge in [0.2, 0.25) is 0 Å². The van der Waals surface area contributed by atoms with Crippen LogP contribution in [0.15, 0.2) is 29.1 Å². The van der Waals surface area contributed by atoms with Gasteiger partial charge in [0.15, 0.2) is 0 Å². The number of hydrogen-bond acceptors (Lipinski definition) is 7. The summed E-state index contributed by atoms with van der Waals surface area (Å²) in [5.74, 6) is 0.585. The first-order chi connectivity index (χ1) is 10.7. The first-order valence-corrected chi connectivity index (χ1v) is 7.98. The summed E-state index contributed by atoms with van der Waals surface area (Å²) in [7, 11) is 1.39. The number of esters is 1. The third kappa shape index (κ3) is 2.97. The Morgan fingerprint density at radius 1 is 1.45 bits per heavy atom. The average molecular weight is 320 g/mol. The van der Waals surface area contributed by atoms with Crippen LogP contribution in [0.5, 0.6) is 0 Å². The highest BCUT2D eigenvalue weighted by Crippen LogP contribution is 2.19. The van der Waals surface area contributed by atoms with E-state index in [4.69, 9.17) is 4.74 Å². The Labute approximate surface area is 131 Å². The van der Waals surface area contributed by atoms with Gasteiger partial charge in [-0.05, 0) is 12.1 Å². The molecule has 0 bridgehead atoms. The number of methoxy groups -OCH3 is 1. The molecule has 0 unspecified atom stereocenters. The average Bonchev–Trinajstić information content (AvgIpc) is 2.57. The second-order valence-electron chi connectivity index (χ2n) is 5.01. The number of benzene rings is 1. The molecule has 2 heterocycles. The lowest BCUT2D eigenvalue weighted by Crippen LogP contribution is -2.44. The molecule has 7 nitrogen and oxygen atoms in total. The largest absolute Gasteiger partial charge is 0.468 e. The van der Waals surface area contributed by atoms with Crippen molar-refractivity contribution >= 4 is 28.6 Å². The second-order valence-corrected chi connectivity index (χ2v) is 6.32. The van der Waals surface area contributed by atoms with E-state index in [1.165, 1.54) is 11.8 Å². The van der Waals surface area contributed by atoms with Gasteiger partial charge in [-0.1, -0.05) is 17.3 Å². The Bertz CT molecular complexity index is 748.